The third kappa shape index (κ3) is 1.64. The van der Waals surface area contributed by atoms with Gasteiger partial charge in [-0.15, -0.1) is 0 Å². The summed E-state index contributed by atoms with van der Waals surface area (Å²) in [6, 6.07) is 7.97. The molecule has 1 aliphatic rings. The average molecular weight is 192 g/mol. The molecule has 4 heteroatoms. The highest BCUT2D eigenvalue weighted by atomic mass is 16.5. The number of ether oxygens (including phenoxy) is 2. The standard InChI is InChI=1S/C10H12N2O2/c1-13-8-4-2-7(3-5-8)9-6-12-10(11)14-9/h2-5,9H,6H2,1H3,(H2,11,12). The molecule has 1 unspecified atom stereocenters. The van der Waals surface area contributed by atoms with Gasteiger partial charge in [0.2, 0.25) is 0 Å². The van der Waals surface area contributed by atoms with E-state index in [0.29, 0.717) is 6.54 Å². The van der Waals surface area contributed by atoms with Crippen LogP contribution in [0.1, 0.15) is 11.7 Å². The molecule has 2 N–H and O–H groups in total. The highest BCUT2D eigenvalue weighted by Gasteiger charge is 2.19. The van der Waals surface area contributed by atoms with Gasteiger partial charge in [0.25, 0.3) is 6.02 Å². The van der Waals surface area contributed by atoms with Gasteiger partial charge in [-0.2, -0.15) is 0 Å². The van der Waals surface area contributed by atoms with Crippen molar-refractivity contribution < 1.29 is 9.47 Å². The highest BCUT2D eigenvalue weighted by Crippen LogP contribution is 2.23. The van der Waals surface area contributed by atoms with Crippen molar-refractivity contribution in [3.63, 3.8) is 0 Å². The van der Waals surface area contributed by atoms with Gasteiger partial charge in [-0.3, -0.25) is 0 Å². The van der Waals surface area contributed by atoms with E-state index in [9.17, 15) is 0 Å². The number of hydrogen-bond acceptors (Lipinski definition) is 4. The van der Waals surface area contributed by atoms with E-state index in [-0.39, 0.29) is 12.1 Å². The van der Waals surface area contributed by atoms with Crippen LogP contribution in [0.5, 0.6) is 5.75 Å². The Labute approximate surface area is 82.3 Å². The van der Waals surface area contributed by atoms with Gasteiger partial charge < -0.3 is 15.2 Å². The first kappa shape index (κ1) is 8.87. The van der Waals surface area contributed by atoms with E-state index in [2.05, 4.69) is 4.99 Å². The molecule has 14 heavy (non-hydrogen) atoms. The lowest BCUT2D eigenvalue weighted by Crippen LogP contribution is -2.12. The Bertz CT molecular complexity index is 346. The van der Waals surface area contributed by atoms with E-state index >= 15 is 0 Å². The number of benzene rings is 1. The molecule has 0 amide bonds. The second kappa shape index (κ2) is 3.57. The third-order valence-corrected chi connectivity index (χ3v) is 2.16. The fraction of sp³-hybridized carbons (Fsp3) is 0.300. The lowest BCUT2D eigenvalue weighted by atomic mass is 10.1. The molecule has 0 radical (unpaired) electrons. The average Bonchev–Trinajstić information content (AvgIpc) is 2.65. The summed E-state index contributed by atoms with van der Waals surface area (Å²) < 4.78 is 10.4. The van der Waals surface area contributed by atoms with Gasteiger partial charge in [0.15, 0.2) is 0 Å². The Morgan fingerprint density at radius 2 is 2.14 bits per heavy atom. The van der Waals surface area contributed by atoms with E-state index in [1.165, 1.54) is 0 Å². The molecule has 0 saturated carbocycles. The SMILES string of the molecule is COc1ccc(C2CN=C(N)O2)cc1. The number of amidine groups is 1. The summed E-state index contributed by atoms with van der Waals surface area (Å²) in [5, 5.41) is 0. The van der Waals surface area contributed by atoms with Crippen LogP contribution in [0.4, 0.5) is 0 Å². The minimum absolute atomic E-state index is 0.0408. The van der Waals surface area contributed by atoms with Crippen molar-refractivity contribution in [2.45, 2.75) is 6.10 Å². The monoisotopic (exact) mass is 192 g/mol. The van der Waals surface area contributed by atoms with E-state index in [1.807, 2.05) is 24.3 Å². The van der Waals surface area contributed by atoms with Crippen LogP contribution in [0.2, 0.25) is 0 Å². The van der Waals surface area contributed by atoms with Crippen molar-refractivity contribution in [2.24, 2.45) is 10.7 Å². The first-order valence-electron chi connectivity index (χ1n) is 4.40. The van der Waals surface area contributed by atoms with Crippen LogP contribution < -0.4 is 10.5 Å². The van der Waals surface area contributed by atoms with Crippen molar-refractivity contribution in [3.05, 3.63) is 29.8 Å². The Kier molecular flexibility index (Phi) is 2.26. The molecule has 74 valence electrons. The minimum Gasteiger partial charge on any atom is -0.497 e. The molecule has 0 fully saturated rings. The second-order valence-corrected chi connectivity index (χ2v) is 3.06. The number of rotatable bonds is 2. The van der Waals surface area contributed by atoms with E-state index in [0.717, 1.165) is 11.3 Å². The first-order chi connectivity index (χ1) is 6.79. The van der Waals surface area contributed by atoms with E-state index < -0.39 is 0 Å². The van der Waals surface area contributed by atoms with E-state index in [1.54, 1.807) is 7.11 Å². The molecule has 1 heterocycles. The maximum Gasteiger partial charge on any atom is 0.282 e. The molecule has 1 aromatic carbocycles. The van der Waals surface area contributed by atoms with Gasteiger partial charge in [-0.25, -0.2) is 4.99 Å². The van der Waals surface area contributed by atoms with Gasteiger partial charge >= 0.3 is 0 Å². The van der Waals surface area contributed by atoms with Gasteiger partial charge in [0, 0.05) is 0 Å². The fourth-order valence-electron chi connectivity index (χ4n) is 1.39. The number of methoxy groups -OCH3 is 1. The number of nitrogens with zero attached hydrogens (tertiary/aromatic N) is 1. The molecular weight excluding hydrogens is 180 g/mol. The van der Waals surface area contributed by atoms with Crippen molar-refractivity contribution in [1.82, 2.24) is 0 Å². The quantitative estimate of drug-likeness (QED) is 0.762. The zero-order valence-corrected chi connectivity index (χ0v) is 7.93. The second-order valence-electron chi connectivity index (χ2n) is 3.06. The molecule has 1 aliphatic heterocycles. The van der Waals surface area contributed by atoms with Crippen molar-refractivity contribution in [2.75, 3.05) is 13.7 Å². The lowest BCUT2D eigenvalue weighted by molar-refractivity contribution is 0.226. The number of nitrogens with two attached hydrogens (primary N) is 1. The Morgan fingerprint density at radius 1 is 1.43 bits per heavy atom. The molecular formula is C10H12N2O2. The maximum atomic E-state index is 5.42. The van der Waals surface area contributed by atoms with Crippen LogP contribution in [-0.4, -0.2) is 19.7 Å². The van der Waals surface area contributed by atoms with Crippen LogP contribution in [0.3, 0.4) is 0 Å². The van der Waals surface area contributed by atoms with Crippen LogP contribution in [0.25, 0.3) is 0 Å². The molecule has 0 bridgehead atoms. The summed E-state index contributed by atoms with van der Waals surface area (Å²) in [6.45, 7) is 0.595. The molecule has 0 aromatic heterocycles. The fourth-order valence-corrected chi connectivity index (χ4v) is 1.39. The van der Waals surface area contributed by atoms with Crippen molar-refractivity contribution in [1.29, 1.82) is 0 Å². The summed E-state index contributed by atoms with van der Waals surface area (Å²) in [7, 11) is 1.64. The summed E-state index contributed by atoms with van der Waals surface area (Å²) in [5.74, 6) is 0.834. The zero-order chi connectivity index (χ0) is 9.97. The Hall–Kier alpha value is -1.71. The molecule has 4 nitrogen and oxygen atoms in total. The topological polar surface area (TPSA) is 56.8 Å². The molecule has 2 rings (SSSR count). The normalized spacial score (nSPS) is 20.1. The smallest absolute Gasteiger partial charge is 0.282 e. The summed E-state index contributed by atoms with van der Waals surface area (Å²) in [4.78, 5) is 3.98. The summed E-state index contributed by atoms with van der Waals surface area (Å²) in [6.07, 6.45) is -0.0408. The van der Waals surface area contributed by atoms with Crippen molar-refractivity contribution in [3.8, 4) is 5.75 Å². The Morgan fingerprint density at radius 3 is 2.64 bits per heavy atom. The van der Waals surface area contributed by atoms with Gasteiger partial charge in [0.05, 0.1) is 13.7 Å². The zero-order valence-electron chi connectivity index (χ0n) is 7.93. The van der Waals surface area contributed by atoms with Crippen LogP contribution in [0.15, 0.2) is 29.3 Å². The van der Waals surface area contributed by atoms with Gasteiger partial charge in [-0.1, -0.05) is 12.1 Å². The Balaban J connectivity index is 2.11. The van der Waals surface area contributed by atoms with Gasteiger partial charge in [0.1, 0.15) is 11.9 Å². The lowest BCUT2D eigenvalue weighted by Gasteiger charge is -2.10. The van der Waals surface area contributed by atoms with Crippen LogP contribution in [-0.2, 0) is 4.74 Å². The summed E-state index contributed by atoms with van der Waals surface area (Å²) in [5.41, 5.74) is 6.49. The predicted octanol–water partition coefficient (Wildman–Crippen LogP) is 1.08. The molecule has 1 atom stereocenters. The van der Waals surface area contributed by atoms with Crippen molar-refractivity contribution >= 4 is 6.02 Å². The maximum absolute atomic E-state index is 5.42. The van der Waals surface area contributed by atoms with E-state index in [4.69, 9.17) is 15.2 Å². The van der Waals surface area contributed by atoms with Gasteiger partial charge in [-0.05, 0) is 17.7 Å². The third-order valence-electron chi connectivity index (χ3n) is 2.16. The molecule has 0 saturated heterocycles. The number of hydrogen-bond donors (Lipinski definition) is 1. The summed E-state index contributed by atoms with van der Waals surface area (Å²) >= 11 is 0. The van der Waals surface area contributed by atoms with Crippen LogP contribution in [0, 0.1) is 0 Å². The molecule has 1 aromatic rings. The predicted molar refractivity (Wildman–Crippen MR) is 53.3 cm³/mol. The largest absolute Gasteiger partial charge is 0.497 e. The first-order valence-corrected chi connectivity index (χ1v) is 4.40. The molecule has 0 spiro atoms. The van der Waals surface area contributed by atoms with Crippen LogP contribution >= 0.6 is 0 Å². The minimum atomic E-state index is -0.0408. The highest BCUT2D eigenvalue weighted by molar-refractivity contribution is 5.73. The molecule has 0 aliphatic carbocycles. The number of aliphatic imine (C=N–C) groups is 1.